The topological polar surface area (TPSA) is 412 Å². The second kappa shape index (κ2) is 40.5. The predicted molar refractivity (Wildman–Crippen MR) is 543 cm³/mol. The number of Topliss-reactive ketones (excluding diaryl/α,β-unsaturated/α-hetero) is 4. The van der Waals surface area contributed by atoms with Gasteiger partial charge in [-0.2, -0.15) is 10.2 Å². The number of hydrogen-bond acceptors (Lipinski definition) is 27. The Bertz CT molecular complexity index is 5830. The van der Waals surface area contributed by atoms with Gasteiger partial charge in [-0.15, -0.1) is 0 Å². The summed E-state index contributed by atoms with van der Waals surface area (Å²) in [6.45, 7) is 37.2. The highest BCUT2D eigenvalue weighted by Gasteiger charge is 2.84. The summed E-state index contributed by atoms with van der Waals surface area (Å²) in [5.41, 5.74) is -14.4. The molecule has 4 N–H and O–H groups in total. The van der Waals surface area contributed by atoms with Gasteiger partial charge in [0.15, 0.2) is 66.0 Å². The van der Waals surface area contributed by atoms with Crippen molar-refractivity contribution in [3.63, 3.8) is 0 Å². The number of alkyl halides is 4. The molecule has 2 aromatic rings. The standard InChI is InChI=1S/2C30H41FN2O6.C29H39FO6.C28H37FO7/c1-7-25(36)38-16-24(35)30(39-26(37)8-2)17(3)11-21-20-10-9-19-12-22-18(15-33(6)32-22)13-27(19,4)29(20,31)23(34)14-28(21,30)5;1-7-25(36)38-16-24(35)30(39-26(37)8-2)17(3)11-21-20-10-9-19-12-22-18(15-32-33(22)6)13-27(19,4)29(20,31)23(34)14-28(21,30)5;1-7-24(33)35-16-23(32)29(36-25(34)8-2)18(4)14-21-20-10-9-19-13-17(3)11-12-26(19,5)28(20,30)22(31)15-27(21,29)6;1-6-23(33)35-15-22(32)28(36-24(34)7-2)16(3)12-20-19-9-8-17-13-18(30)10-11-25(17,4)27(19,29)21(31)14-26(20,28)5/h2*12,15,17,20-21,23,34H,7-11,13-14,16H2,1-6H3;11-13,18,20-22,31H,3,7-10,14-16H2,1-2,4-6H3;10-11,13,16,19-21,31H,6-9,12,14-15H2,1-5H3/t2*17-,20-,21-,23-,27-,28-,29-,30-;18-,20-,21-,22-,26-,27-,28-,29-;16-,19-,20-,21-,25-,26-,27-,28+/m0000/s1. The molecule has 18 rings (SSSR count). The van der Waals surface area contributed by atoms with Gasteiger partial charge in [0.1, 0.15) is 11.3 Å². The van der Waals surface area contributed by atoms with E-state index >= 15 is 17.6 Å². The predicted octanol–water partition coefficient (Wildman–Crippen LogP) is 16.9. The lowest BCUT2D eigenvalue weighted by Crippen LogP contribution is -2.70. The van der Waals surface area contributed by atoms with Crippen molar-refractivity contribution < 1.29 is 138 Å². The van der Waals surface area contributed by atoms with Crippen LogP contribution in [0, 0.1) is 114 Å². The summed E-state index contributed by atoms with van der Waals surface area (Å²) in [6, 6.07) is 0. The van der Waals surface area contributed by atoms with Gasteiger partial charge in [0, 0.05) is 162 Å². The lowest BCUT2D eigenvalue weighted by molar-refractivity contribution is -0.234. The number of carbonyl (C=O) groups is 13. The number of allylic oxidation sites excluding steroid dienone is 11. The van der Waals surface area contributed by atoms with Crippen LogP contribution in [0.2, 0.25) is 0 Å². The molecule has 0 aliphatic heterocycles. The van der Waals surface area contributed by atoms with Crippen LogP contribution in [-0.2, 0) is 127 Å². The van der Waals surface area contributed by atoms with E-state index in [0.29, 0.717) is 95.5 Å². The number of nitrogens with zero attached hydrogens (tertiary/aromatic N) is 4. The second-order valence-electron chi connectivity index (χ2n) is 48.3. The fourth-order valence-corrected chi connectivity index (χ4v) is 34.1. The first-order valence-electron chi connectivity index (χ1n) is 54.8. The largest absolute Gasteiger partial charge is 0.457 e. The van der Waals surface area contributed by atoms with Crippen LogP contribution in [-0.4, -0.2) is 213 Å². The van der Waals surface area contributed by atoms with Gasteiger partial charge in [0.05, 0.1) is 42.0 Å². The first-order valence-corrected chi connectivity index (χ1v) is 54.8. The Morgan fingerprint density at radius 1 is 0.387 bits per heavy atom. The van der Waals surface area contributed by atoms with E-state index < -0.39 is 257 Å². The number of fused-ring (bicyclic) bond motifs is 22. The van der Waals surface area contributed by atoms with Gasteiger partial charge in [-0.3, -0.25) is 71.7 Å². The summed E-state index contributed by atoms with van der Waals surface area (Å²) >= 11 is 0. The smallest absolute Gasteiger partial charge is 0.306 e. The number of aryl methyl sites for hydroxylation is 2. The van der Waals surface area contributed by atoms with Crippen LogP contribution in [0.3, 0.4) is 0 Å². The third-order valence-corrected chi connectivity index (χ3v) is 41.4. The zero-order valence-corrected chi connectivity index (χ0v) is 91.6. The molecule has 0 saturated heterocycles. The number of hydrogen-bond donors (Lipinski definition) is 4. The molecule has 33 heteroatoms. The number of esters is 8. The van der Waals surface area contributed by atoms with E-state index in [1.807, 2.05) is 120 Å². The molecule has 0 bridgehead atoms. The molecule has 16 aliphatic rings. The molecule has 32 atom stereocenters. The average molecular weight is 2100 g/mol. The Balaban J connectivity index is 0.000000150. The van der Waals surface area contributed by atoms with Gasteiger partial charge in [0.25, 0.3) is 0 Å². The molecule has 0 radical (unpaired) electrons. The first kappa shape index (κ1) is 114. The molecule has 12 saturated carbocycles. The van der Waals surface area contributed by atoms with Crippen molar-refractivity contribution in [3.8, 4) is 0 Å². The zero-order chi connectivity index (χ0) is 110. The highest BCUT2D eigenvalue weighted by Crippen LogP contribution is 2.78. The number of halogens is 4. The quantitative estimate of drug-likeness (QED) is 0.0431. The van der Waals surface area contributed by atoms with Crippen molar-refractivity contribution in [1.82, 2.24) is 19.6 Å². The summed E-state index contributed by atoms with van der Waals surface area (Å²) in [4.78, 5) is 166. The molecular formula is C117H158F4N4O25. The second-order valence-corrected chi connectivity index (χ2v) is 48.3. The number of ketones is 5. The van der Waals surface area contributed by atoms with E-state index in [4.69, 9.17) is 37.9 Å². The van der Waals surface area contributed by atoms with Crippen molar-refractivity contribution in [2.75, 3.05) is 26.4 Å². The Hall–Kier alpha value is -9.73. The number of carbonyl (C=O) groups excluding carboxylic acids is 13. The molecular weight excluding hydrogens is 1940 g/mol. The van der Waals surface area contributed by atoms with Gasteiger partial charge >= 0.3 is 47.8 Å². The van der Waals surface area contributed by atoms with Gasteiger partial charge in [0.2, 0.25) is 23.1 Å². The van der Waals surface area contributed by atoms with E-state index in [9.17, 15) is 82.8 Å². The summed E-state index contributed by atoms with van der Waals surface area (Å²) in [5.74, 6) is -11.9. The molecule has 0 amide bonds. The highest BCUT2D eigenvalue weighted by atomic mass is 19.2. The summed E-state index contributed by atoms with van der Waals surface area (Å²) in [7, 11) is 3.73. The Morgan fingerprint density at radius 3 is 1.00 bits per heavy atom. The lowest BCUT2D eigenvalue weighted by Gasteiger charge is -2.63. The van der Waals surface area contributed by atoms with Crippen molar-refractivity contribution >= 4 is 88.8 Å². The zero-order valence-electron chi connectivity index (χ0n) is 91.6. The van der Waals surface area contributed by atoms with Gasteiger partial charge in [-0.1, -0.05) is 178 Å². The maximum atomic E-state index is 17.9. The Kier molecular flexibility index (Phi) is 30.9. The minimum absolute atomic E-state index is 0.0395. The van der Waals surface area contributed by atoms with E-state index in [1.54, 1.807) is 90.9 Å². The molecule has 0 unspecified atom stereocenters. The van der Waals surface area contributed by atoms with Crippen molar-refractivity contribution in [2.45, 2.75) is 375 Å². The number of ether oxygens (including phenoxy) is 8. The van der Waals surface area contributed by atoms with Gasteiger partial charge in [-0.05, 0) is 194 Å². The van der Waals surface area contributed by atoms with Crippen LogP contribution >= 0.6 is 0 Å². The fraction of sp³-hybridized carbons (Fsp3) is 0.718. The molecule has 0 aromatic carbocycles. The molecule has 16 aliphatic carbocycles. The fourth-order valence-electron chi connectivity index (χ4n) is 34.1. The van der Waals surface area contributed by atoms with E-state index in [0.717, 1.165) is 44.8 Å². The third kappa shape index (κ3) is 16.5. The molecule has 2 aromatic heterocycles. The van der Waals surface area contributed by atoms with Crippen LogP contribution < -0.4 is 0 Å². The van der Waals surface area contributed by atoms with Crippen LogP contribution in [0.5, 0.6) is 0 Å². The molecule has 2 heterocycles. The van der Waals surface area contributed by atoms with Crippen LogP contribution in [0.15, 0.2) is 83.3 Å². The Labute approximate surface area is 877 Å². The number of rotatable bonds is 24. The molecule has 824 valence electrons. The molecule has 12 fully saturated rings. The maximum absolute atomic E-state index is 17.9. The molecule has 150 heavy (non-hydrogen) atoms. The van der Waals surface area contributed by atoms with E-state index in [-0.39, 0.29) is 107 Å². The SMILES string of the molecule is C=C1C=C[C@@]2(C)C(=C1)CC[C@H]1[C@@H]3C[C@H](C)[C@](OC(=O)CC)(C(=O)COC(=O)CC)[C@@]3(C)C[C@H](O)[C@@]12F.CCC(=O)OCC(=O)[C@@]1(OC(=O)CC)[C@@H](C)C[C@H]2[C@@H]3CCC4=Cc5c(cnn5C)C[C@]4(C)[C@@]3(F)[C@@H](O)C[C@@]21C.CCC(=O)OCC(=O)[C@@]1(OC(=O)CC)[C@@H](C)C[C@H]2[C@@H]3CCC4=Cc5nn(C)cc5C[C@]4(C)[C@@]3(F)[C@@H](O)C[C@@]21C.CCC(=O)OCC(=O)[C@]1(OC(=O)CC)[C@@H](C)C[C@H]2[C@@H]3CCC4=CC(=O)C=C[C@]4(C)[C@@]3(F)[C@@H](O)C[C@@]21C. The lowest BCUT2D eigenvalue weighted by atomic mass is 9.43. The highest BCUT2D eigenvalue weighted by molar-refractivity contribution is 6.02. The summed E-state index contributed by atoms with van der Waals surface area (Å²) in [6.07, 6.45) is 19.7. The van der Waals surface area contributed by atoms with Crippen molar-refractivity contribution in [2.24, 2.45) is 128 Å². The van der Waals surface area contributed by atoms with Crippen molar-refractivity contribution in [1.29, 1.82) is 0 Å². The van der Waals surface area contributed by atoms with Crippen LogP contribution in [0.4, 0.5) is 17.6 Å². The first-order chi connectivity index (χ1) is 70.2. The maximum Gasteiger partial charge on any atom is 0.306 e. The summed E-state index contributed by atoms with van der Waals surface area (Å²) in [5, 5.41) is 55.7. The Morgan fingerprint density at radius 2 is 0.673 bits per heavy atom. The van der Waals surface area contributed by atoms with Crippen LogP contribution in [0.25, 0.3) is 12.2 Å². The monoisotopic (exact) mass is 2100 g/mol. The third-order valence-electron chi connectivity index (χ3n) is 41.4. The number of aliphatic hydroxyl groups excluding tert-OH is 4. The van der Waals surface area contributed by atoms with Gasteiger partial charge < -0.3 is 58.3 Å². The summed E-state index contributed by atoms with van der Waals surface area (Å²) < 4.78 is 119. The van der Waals surface area contributed by atoms with E-state index in [2.05, 4.69) is 16.8 Å². The van der Waals surface area contributed by atoms with Crippen LogP contribution in [0.1, 0.15) is 315 Å². The van der Waals surface area contributed by atoms with Gasteiger partial charge in [-0.25, -0.2) is 17.6 Å². The molecule has 29 nitrogen and oxygen atoms in total. The average Bonchev–Trinajstić information content (AvgIpc) is 1.50. The van der Waals surface area contributed by atoms with E-state index in [1.165, 1.54) is 12.2 Å². The van der Waals surface area contributed by atoms with Crippen molar-refractivity contribution in [3.05, 3.63) is 106 Å². The number of aliphatic hydroxyl groups is 4. The minimum Gasteiger partial charge on any atom is -0.457 e. The molecule has 0 spiro atoms. The number of aromatic nitrogens is 4. The minimum atomic E-state index is -2.05. The normalized spacial score (nSPS) is 41.7.